The van der Waals surface area contributed by atoms with Crippen molar-refractivity contribution in [2.45, 2.75) is 38.5 Å². The van der Waals surface area contributed by atoms with E-state index in [1.165, 1.54) is 211 Å². The van der Waals surface area contributed by atoms with Crippen LogP contribution >= 0.6 is 0 Å². The Morgan fingerprint density at radius 3 is 0.776 bits per heavy atom. The van der Waals surface area contributed by atoms with Gasteiger partial charge in [-0.05, 0) is 227 Å². The molecule has 22 rings (SSSR count). The Kier molecular flexibility index (Phi) is 17.0. The molecule has 2 heterocycles. The average molecular weight is 1480 g/mol. The highest BCUT2D eigenvalue weighted by Gasteiger charge is 2.38. The minimum atomic E-state index is -0.153. The molecule has 20 aromatic rings. The summed E-state index contributed by atoms with van der Waals surface area (Å²) in [5.74, 6) is 0. The van der Waals surface area contributed by atoms with Crippen molar-refractivity contribution in [2.75, 3.05) is 0 Å². The zero-order valence-electron chi connectivity index (χ0n) is 65.3. The lowest BCUT2D eigenvalue weighted by Crippen LogP contribution is -2.15. The molecule has 2 aromatic heterocycles. The summed E-state index contributed by atoms with van der Waals surface area (Å²) in [6.45, 7) is 9.51. The first-order valence-electron chi connectivity index (χ1n) is 40.5. The van der Waals surface area contributed by atoms with Crippen LogP contribution in [0.2, 0.25) is 0 Å². The molecule has 0 saturated heterocycles. The van der Waals surface area contributed by atoms with E-state index in [1.54, 1.807) is 0 Å². The summed E-state index contributed by atoms with van der Waals surface area (Å²) in [5, 5.41) is 7.53. The second kappa shape index (κ2) is 28.3. The predicted octanol–water partition coefficient (Wildman–Crippen LogP) is 30.9. The van der Waals surface area contributed by atoms with E-state index >= 15 is 0 Å². The van der Waals surface area contributed by atoms with Crippen LogP contribution in [0.15, 0.2) is 425 Å². The molecule has 0 saturated carbocycles. The van der Waals surface area contributed by atoms with Gasteiger partial charge < -0.3 is 9.13 Å². The molecule has 548 valence electrons. The van der Waals surface area contributed by atoms with Crippen LogP contribution in [0.25, 0.3) is 188 Å². The SMILES string of the molecule is CC1(C)c2cc(-c3ccccc3)ccc2-c2ccc(-n3cc(-c4ccc(-c5cccc6ccccc56)cc4)c4cc(-c5ccc(-c6cccc7ccccc67)cc5)ccc43)cc21.CC1(C)c2cc(-c3ccccc3)ccc2-c2ccc(-n3cc(-c4ccc(-c5ccccc5)cc4)c4cc(-c5ccc(-c6ccccc6)cc5)ccc43)cc21. The van der Waals surface area contributed by atoms with Gasteiger partial charge in [-0.3, -0.25) is 0 Å². The minimum absolute atomic E-state index is 0.135. The van der Waals surface area contributed by atoms with Gasteiger partial charge in [0.1, 0.15) is 0 Å². The van der Waals surface area contributed by atoms with Crippen molar-refractivity contribution < 1.29 is 0 Å². The van der Waals surface area contributed by atoms with Gasteiger partial charge in [-0.2, -0.15) is 0 Å². The normalized spacial score (nSPS) is 12.8. The number of benzene rings is 18. The van der Waals surface area contributed by atoms with Crippen LogP contribution in [-0.2, 0) is 10.8 Å². The van der Waals surface area contributed by atoms with E-state index in [1.807, 2.05) is 0 Å². The third-order valence-electron chi connectivity index (χ3n) is 24.9. The van der Waals surface area contributed by atoms with E-state index in [0.29, 0.717) is 0 Å². The number of hydrogen-bond acceptors (Lipinski definition) is 0. The van der Waals surface area contributed by atoms with E-state index in [-0.39, 0.29) is 10.8 Å². The third-order valence-corrected chi connectivity index (χ3v) is 24.9. The Morgan fingerprint density at radius 1 is 0.164 bits per heavy atom. The highest BCUT2D eigenvalue weighted by Crippen LogP contribution is 2.53. The second-order valence-corrected chi connectivity index (χ2v) is 32.3. The smallest absolute Gasteiger partial charge is 0.0535 e. The first-order chi connectivity index (χ1) is 57.0. The maximum Gasteiger partial charge on any atom is 0.0535 e. The fourth-order valence-corrected chi connectivity index (χ4v) is 18.7. The van der Waals surface area contributed by atoms with E-state index in [2.05, 4.69) is 462 Å². The average Bonchev–Trinajstić information content (AvgIpc) is 1.57. The zero-order valence-corrected chi connectivity index (χ0v) is 65.3. The lowest BCUT2D eigenvalue weighted by Gasteiger charge is -2.23. The standard InChI is InChI=1S/C61H43N.C53H39N/c1-61(2)58-37-48(40-12-4-3-5-13-40)30-33-54(58)55-34-32-49(38-59(55)61)62-39-57(46-28-26-45(27-29-46)53-21-11-17-43-15-7-9-19-51(43)53)56-36-47(31-35-60(56)62)41-22-24-44(25-23-41)52-20-10-16-42-14-6-8-18-50(42)52;1-53(2)50-33-44(38-16-10-5-11-17-38)26-29-46(50)47-30-28-45(34-51(47)53)54-35-49(42-24-22-40(23-25-42)37-14-8-4-9-15-37)48-32-43(27-31-52(48)54)41-20-18-39(19-21-41)36-12-6-3-7-13-36/h3-39H,1-2H3;3-35H,1-2H3. The molecule has 116 heavy (non-hydrogen) atoms. The zero-order chi connectivity index (χ0) is 77.6. The van der Waals surface area contributed by atoms with Crippen LogP contribution in [0, 0.1) is 0 Å². The summed E-state index contributed by atoms with van der Waals surface area (Å²) in [5.41, 5.74) is 39.8. The summed E-state index contributed by atoms with van der Waals surface area (Å²) in [6, 6.07) is 151. The summed E-state index contributed by atoms with van der Waals surface area (Å²) < 4.78 is 4.80. The monoisotopic (exact) mass is 1480 g/mol. The molecular formula is C114H82N2. The lowest BCUT2D eigenvalue weighted by molar-refractivity contribution is 0.660. The summed E-state index contributed by atoms with van der Waals surface area (Å²) >= 11 is 0. The van der Waals surface area contributed by atoms with Gasteiger partial charge in [0, 0.05) is 56.5 Å². The van der Waals surface area contributed by atoms with E-state index in [0.717, 1.165) is 0 Å². The van der Waals surface area contributed by atoms with Gasteiger partial charge in [0.25, 0.3) is 0 Å². The van der Waals surface area contributed by atoms with Crippen molar-refractivity contribution in [2.24, 2.45) is 0 Å². The molecular weight excluding hydrogens is 1400 g/mol. The maximum absolute atomic E-state index is 2.43. The first kappa shape index (κ1) is 69.5. The van der Waals surface area contributed by atoms with E-state index in [9.17, 15) is 0 Å². The fourth-order valence-electron chi connectivity index (χ4n) is 18.7. The highest BCUT2D eigenvalue weighted by atomic mass is 15.0. The fraction of sp³-hybridized carbons (Fsp3) is 0.0526. The Labute approximate surface area is 678 Å². The number of nitrogens with zero attached hydrogens (tertiary/aromatic N) is 2. The molecule has 0 unspecified atom stereocenters. The minimum Gasteiger partial charge on any atom is -0.316 e. The Balaban J connectivity index is 0.000000146. The predicted molar refractivity (Wildman–Crippen MR) is 491 cm³/mol. The topological polar surface area (TPSA) is 9.86 Å². The summed E-state index contributed by atoms with van der Waals surface area (Å²) in [4.78, 5) is 0. The summed E-state index contributed by atoms with van der Waals surface area (Å²) in [6.07, 6.45) is 4.70. The van der Waals surface area contributed by atoms with Crippen molar-refractivity contribution >= 4 is 43.4 Å². The van der Waals surface area contributed by atoms with Gasteiger partial charge in [0.15, 0.2) is 0 Å². The molecule has 2 heteroatoms. The van der Waals surface area contributed by atoms with Crippen LogP contribution < -0.4 is 0 Å². The molecule has 0 spiro atoms. The summed E-state index contributed by atoms with van der Waals surface area (Å²) in [7, 11) is 0. The van der Waals surface area contributed by atoms with Crippen molar-refractivity contribution in [3.8, 4) is 145 Å². The van der Waals surface area contributed by atoms with Crippen LogP contribution in [0.3, 0.4) is 0 Å². The molecule has 0 aliphatic heterocycles. The lowest BCUT2D eigenvalue weighted by atomic mass is 9.81. The van der Waals surface area contributed by atoms with Gasteiger partial charge in [0.05, 0.1) is 11.0 Å². The number of aromatic nitrogens is 2. The molecule has 0 N–H and O–H groups in total. The Morgan fingerprint density at radius 2 is 0.414 bits per heavy atom. The molecule has 0 fully saturated rings. The Bertz CT molecular complexity index is 7150. The molecule has 18 aromatic carbocycles. The second-order valence-electron chi connectivity index (χ2n) is 32.3. The van der Waals surface area contributed by atoms with Crippen LogP contribution in [0.4, 0.5) is 0 Å². The van der Waals surface area contributed by atoms with Gasteiger partial charge in [0.2, 0.25) is 0 Å². The molecule has 0 atom stereocenters. The van der Waals surface area contributed by atoms with Crippen molar-refractivity contribution in [3.05, 3.63) is 447 Å². The van der Waals surface area contributed by atoms with Crippen molar-refractivity contribution in [1.82, 2.24) is 9.13 Å². The van der Waals surface area contributed by atoms with E-state index in [4.69, 9.17) is 0 Å². The van der Waals surface area contributed by atoms with Gasteiger partial charge >= 0.3 is 0 Å². The first-order valence-corrected chi connectivity index (χ1v) is 40.5. The maximum atomic E-state index is 2.43. The quantitative estimate of drug-likeness (QED) is 0.115. The molecule has 0 radical (unpaired) electrons. The molecule has 0 bridgehead atoms. The van der Waals surface area contributed by atoms with Gasteiger partial charge in [-0.25, -0.2) is 0 Å². The van der Waals surface area contributed by atoms with Crippen LogP contribution in [0.5, 0.6) is 0 Å². The van der Waals surface area contributed by atoms with Gasteiger partial charge in [-0.1, -0.05) is 380 Å². The van der Waals surface area contributed by atoms with E-state index < -0.39 is 0 Å². The molecule has 2 nitrogen and oxygen atoms in total. The number of fused-ring (bicyclic) bond motifs is 10. The molecule has 2 aliphatic carbocycles. The third kappa shape index (κ3) is 12.2. The number of hydrogen-bond donors (Lipinski definition) is 0. The van der Waals surface area contributed by atoms with Crippen molar-refractivity contribution in [1.29, 1.82) is 0 Å². The highest BCUT2D eigenvalue weighted by molar-refractivity contribution is 6.04. The molecule has 2 aliphatic rings. The van der Waals surface area contributed by atoms with Crippen LogP contribution in [-0.4, -0.2) is 9.13 Å². The van der Waals surface area contributed by atoms with Crippen LogP contribution in [0.1, 0.15) is 49.9 Å². The molecule has 0 amide bonds. The number of rotatable bonds is 12. The Hall–Kier alpha value is -14.4. The largest absolute Gasteiger partial charge is 0.316 e. The van der Waals surface area contributed by atoms with Crippen molar-refractivity contribution in [3.63, 3.8) is 0 Å². The van der Waals surface area contributed by atoms with Gasteiger partial charge in [-0.15, -0.1) is 0 Å².